The second kappa shape index (κ2) is 3.06. The number of nitrogens with one attached hydrogen (secondary N) is 2. The van der Waals surface area contributed by atoms with E-state index in [9.17, 15) is 4.39 Å². The van der Waals surface area contributed by atoms with E-state index < -0.39 is 0 Å². The molecule has 3 aromatic rings. The third-order valence-corrected chi connectivity index (χ3v) is 2.37. The Bertz CT molecular complexity index is 654. The van der Waals surface area contributed by atoms with Crippen molar-refractivity contribution in [3.63, 3.8) is 0 Å². The smallest absolute Gasteiger partial charge is 0.143 e. The predicted octanol–water partition coefficient (Wildman–Crippen LogP) is 1.67. The molecule has 0 amide bonds. The Hall–Kier alpha value is -2.37. The lowest BCUT2D eigenvalue weighted by molar-refractivity contribution is 0.629. The largest absolute Gasteiger partial charge is 0.383 e. The van der Waals surface area contributed by atoms with Crippen molar-refractivity contribution in [1.29, 1.82) is 0 Å². The molecule has 0 unspecified atom stereocenters. The van der Waals surface area contributed by atoms with Gasteiger partial charge in [-0.15, -0.1) is 0 Å². The minimum absolute atomic E-state index is 0.303. The molecule has 2 aromatic heterocycles. The maximum absolute atomic E-state index is 13.0. The summed E-state index contributed by atoms with van der Waals surface area (Å²) < 4.78 is 13.0. The summed E-state index contributed by atoms with van der Waals surface area (Å²) in [5, 5.41) is 6.42. The molecule has 3 rings (SSSR count). The number of aromatic nitrogens is 4. The second-order valence-electron chi connectivity index (χ2n) is 3.44. The first-order valence-electron chi connectivity index (χ1n) is 4.68. The summed E-state index contributed by atoms with van der Waals surface area (Å²) in [6, 6.07) is 4.37. The molecule has 0 aliphatic rings. The van der Waals surface area contributed by atoms with Gasteiger partial charge in [0.15, 0.2) is 0 Å². The Balaban J connectivity index is 2.23. The van der Waals surface area contributed by atoms with Gasteiger partial charge >= 0.3 is 0 Å². The monoisotopic (exact) mass is 217 g/mol. The van der Waals surface area contributed by atoms with Crippen molar-refractivity contribution in [3.05, 3.63) is 30.2 Å². The van der Waals surface area contributed by atoms with Gasteiger partial charge in [-0.05, 0) is 18.2 Å². The first-order chi connectivity index (χ1) is 7.74. The summed E-state index contributed by atoms with van der Waals surface area (Å²) in [4.78, 5) is 7.28. The molecule has 6 heteroatoms. The zero-order valence-electron chi connectivity index (χ0n) is 8.16. The van der Waals surface area contributed by atoms with Gasteiger partial charge in [0.05, 0.1) is 22.8 Å². The van der Waals surface area contributed by atoms with Crippen molar-refractivity contribution in [3.8, 4) is 11.4 Å². The zero-order valence-corrected chi connectivity index (χ0v) is 8.16. The molecule has 1 aromatic carbocycles. The number of fused-ring (bicyclic) bond motifs is 1. The van der Waals surface area contributed by atoms with Crippen LogP contribution in [0, 0.1) is 5.82 Å². The number of benzene rings is 1. The van der Waals surface area contributed by atoms with Crippen LogP contribution in [0.3, 0.4) is 0 Å². The number of H-pyrrole nitrogens is 2. The number of imidazole rings is 1. The normalized spacial score (nSPS) is 11.1. The van der Waals surface area contributed by atoms with Gasteiger partial charge in [-0.2, -0.15) is 5.10 Å². The molecule has 5 nitrogen and oxygen atoms in total. The van der Waals surface area contributed by atoms with Gasteiger partial charge in [0.1, 0.15) is 17.5 Å². The molecule has 0 saturated heterocycles. The van der Waals surface area contributed by atoms with Crippen LogP contribution in [0.15, 0.2) is 24.4 Å². The Morgan fingerprint density at radius 3 is 2.94 bits per heavy atom. The van der Waals surface area contributed by atoms with E-state index in [4.69, 9.17) is 5.73 Å². The number of nitrogens with two attached hydrogens (primary N) is 1. The highest BCUT2D eigenvalue weighted by atomic mass is 19.1. The Kier molecular flexibility index (Phi) is 1.70. The second-order valence-corrected chi connectivity index (χ2v) is 3.44. The summed E-state index contributed by atoms with van der Waals surface area (Å²) in [6.07, 6.45) is 1.57. The minimum Gasteiger partial charge on any atom is -0.383 e. The highest BCUT2D eigenvalue weighted by molar-refractivity contribution is 5.81. The lowest BCUT2D eigenvalue weighted by Crippen LogP contribution is -1.88. The van der Waals surface area contributed by atoms with Crippen LogP contribution in [-0.2, 0) is 0 Å². The lowest BCUT2D eigenvalue weighted by Gasteiger charge is -1.90. The molecule has 0 saturated carbocycles. The summed E-state index contributed by atoms with van der Waals surface area (Å²) >= 11 is 0. The summed E-state index contributed by atoms with van der Waals surface area (Å²) in [5.41, 5.74) is 7.68. The van der Waals surface area contributed by atoms with Gasteiger partial charge < -0.3 is 10.7 Å². The van der Waals surface area contributed by atoms with E-state index in [0.29, 0.717) is 28.2 Å². The van der Waals surface area contributed by atoms with E-state index >= 15 is 0 Å². The number of aromatic amines is 2. The fourth-order valence-electron chi connectivity index (χ4n) is 1.59. The molecular weight excluding hydrogens is 209 g/mol. The molecule has 4 N–H and O–H groups in total. The van der Waals surface area contributed by atoms with Gasteiger partial charge in [-0.1, -0.05) is 0 Å². The number of hydrogen-bond donors (Lipinski definition) is 3. The molecule has 0 aliphatic carbocycles. The van der Waals surface area contributed by atoms with Crippen LogP contribution in [0.5, 0.6) is 0 Å². The van der Waals surface area contributed by atoms with E-state index in [0.717, 1.165) is 0 Å². The van der Waals surface area contributed by atoms with Crippen molar-refractivity contribution >= 4 is 16.9 Å². The zero-order chi connectivity index (χ0) is 11.1. The van der Waals surface area contributed by atoms with Crippen molar-refractivity contribution in [2.75, 3.05) is 5.73 Å². The average Bonchev–Trinajstić information content (AvgIpc) is 2.82. The van der Waals surface area contributed by atoms with Gasteiger partial charge in [-0.25, -0.2) is 9.37 Å². The maximum atomic E-state index is 13.0. The Morgan fingerprint density at radius 2 is 2.19 bits per heavy atom. The van der Waals surface area contributed by atoms with Gasteiger partial charge in [0.25, 0.3) is 0 Å². The van der Waals surface area contributed by atoms with Crippen LogP contribution < -0.4 is 5.73 Å². The minimum atomic E-state index is -0.303. The summed E-state index contributed by atoms with van der Waals surface area (Å²) in [6.45, 7) is 0. The summed E-state index contributed by atoms with van der Waals surface area (Å²) in [5.74, 6) is 0.703. The highest BCUT2D eigenvalue weighted by Gasteiger charge is 2.10. The fourth-order valence-corrected chi connectivity index (χ4v) is 1.59. The number of rotatable bonds is 1. The van der Waals surface area contributed by atoms with E-state index in [2.05, 4.69) is 20.2 Å². The maximum Gasteiger partial charge on any atom is 0.143 e. The number of halogens is 1. The Labute approximate surface area is 89.5 Å². The molecule has 0 spiro atoms. The molecule has 16 heavy (non-hydrogen) atoms. The highest BCUT2D eigenvalue weighted by Crippen LogP contribution is 2.23. The standard InChI is InChI=1S/C10H8FN5/c11-5-1-2-7-8(3-5)15-10(14-7)6-4-13-16-9(6)12/h1-4H,(H,14,15)(H3,12,13,16). The molecule has 2 heterocycles. The van der Waals surface area contributed by atoms with Crippen molar-refractivity contribution in [1.82, 2.24) is 20.2 Å². The number of anilines is 1. The van der Waals surface area contributed by atoms with E-state index in [1.807, 2.05) is 0 Å². The van der Waals surface area contributed by atoms with E-state index in [1.165, 1.54) is 12.1 Å². The third kappa shape index (κ3) is 1.23. The van der Waals surface area contributed by atoms with Crippen LogP contribution in [0.25, 0.3) is 22.4 Å². The molecular formula is C10H8FN5. The quantitative estimate of drug-likeness (QED) is 0.579. The van der Waals surface area contributed by atoms with Crippen LogP contribution in [0.1, 0.15) is 0 Å². The third-order valence-electron chi connectivity index (χ3n) is 2.37. The topological polar surface area (TPSA) is 83.4 Å². The molecule has 0 atom stereocenters. The van der Waals surface area contributed by atoms with Crippen LogP contribution >= 0.6 is 0 Å². The first-order valence-corrected chi connectivity index (χ1v) is 4.68. The SMILES string of the molecule is Nc1[nH]ncc1-c1nc2ccc(F)cc2[nH]1. The molecule has 0 bridgehead atoms. The van der Waals surface area contributed by atoms with Crippen LogP contribution in [0.4, 0.5) is 10.2 Å². The van der Waals surface area contributed by atoms with Gasteiger partial charge in [-0.3, -0.25) is 5.10 Å². The van der Waals surface area contributed by atoms with E-state index in [1.54, 1.807) is 12.3 Å². The lowest BCUT2D eigenvalue weighted by atomic mass is 10.3. The Morgan fingerprint density at radius 1 is 1.31 bits per heavy atom. The van der Waals surface area contributed by atoms with Crippen molar-refractivity contribution in [2.45, 2.75) is 0 Å². The molecule has 0 radical (unpaired) electrons. The van der Waals surface area contributed by atoms with Crippen LogP contribution in [-0.4, -0.2) is 20.2 Å². The number of nitrogens with zero attached hydrogens (tertiary/aromatic N) is 2. The summed E-state index contributed by atoms with van der Waals surface area (Å²) in [7, 11) is 0. The van der Waals surface area contributed by atoms with E-state index in [-0.39, 0.29) is 5.82 Å². The predicted molar refractivity (Wildman–Crippen MR) is 58.0 cm³/mol. The molecule has 0 fully saturated rings. The van der Waals surface area contributed by atoms with Crippen LogP contribution in [0.2, 0.25) is 0 Å². The first kappa shape index (κ1) is 8.90. The van der Waals surface area contributed by atoms with Crippen molar-refractivity contribution in [2.24, 2.45) is 0 Å². The number of nitrogen functional groups attached to an aromatic ring is 1. The van der Waals surface area contributed by atoms with Gasteiger partial charge in [0, 0.05) is 0 Å². The van der Waals surface area contributed by atoms with Gasteiger partial charge in [0.2, 0.25) is 0 Å². The van der Waals surface area contributed by atoms with Crippen molar-refractivity contribution < 1.29 is 4.39 Å². The molecule has 80 valence electrons. The fraction of sp³-hybridized carbons (Fsp3) is 0. The average molecular weight is 217 g/mol. The molecule has 0 aliphatic heterocycles. The number of hydrogen-bond acceptors (Lipinski definition) is 3.